The molecule has 0 spiro atoms. The first-order valence-corrected chi connectivity index (χ1v) is 8.05. The number of amides is 2. The first-order chi connectivity index (χ1) is 12.0. The van der Waals surface area contributed by atoms with Crippen LogP contribution in [0.2, 0.25) is 0 Å². The maximum absolute atomic E-state index is 12.8. The normalized spacial score (nSPS) is 19.8. The Hall–Kier alpha value is -3.02. The van der Waals surface area contributed by atoms with E-state index in [1.165, 1.54) is 6.92 Å². The van der Waals surface area contributed by atoms with Crippen LogP contribution in [0.4, 0.5) is 5.69 Å². The number of benzene rings is 1. The van der Waals surface area contributed by atoms with E-state index in [1.54, 1.807) is 54.7 Å². The van der Waals surface area contributed by atoms with Gasteiger partial charge in [0.05, 0.1) is 17.6 Å². The lowest BCUT2D eigenvalue weighted by molar-refractivity contribution is -0.128. The number of rotatable bonds is 4. The van der Waals surface area contributed by atoms with Crippen molar-refractivity contribution in [1.29, 1.82) is 0 Å². The number of likely N-dealkylation sites (tertiary alicyclic amines) is 1. The molecule has 1 aliphatic rings. The Bertz CT molecular complexity index is 820. The minimum absolute atomic E-state index is 0.0890. The summed E-state index contributed by atoms with van der Waals surface area (Å²) < 4.78 is 0. The molecule has 2 amide bonds. The van der Waals surface area contributed by atoms with Crippen molar-refractivity contribution in [1.82, 2.24) is 9.88 Å². The van der Waals surface area contributed by atoms with E-state index in [2.05, 4.69) is 10.3 Å². The summed E-state index contributed by atoms with van der Waals surface area (Å²) in [5, 5.41) is 2.82. The quantitative estimate of drug-likeness (QED) is 0.869. The van der Waals surface area contributed by atoms with Crippen molar-refractivity contribution in [2.75, 3.05) is 12.4 Å². The van der Waals surface area contributed by atoms with Crippen LogP contribution < -0.4 is 5.32 Å². The van der Waals surface area contributed by atoms with Gasteiger partial charge in [-0.05, 0) is 30.7 Å². The maximum Gasteiger partial charge on any atom is 0.230 e. The molecule has 1 fully saturated rings. The van der Waals surface area contributed by atoms with E-state index in [0.29, 0.717) is 11.3 Å². The highest BCUT2D eigenvalue weighted by Gasteiger charge is 2.42. The van der Waals surface area contributed by atoms with E-state index in [1.807, 2.05) is 6.07 Å². The van der Waals surface area contributed by atoms with Gasteiger partial charge >= 0.3 is 0 Å². The molecule has 0 bridgehead atoms. The number of aromatic nitrogens is 1. The van der Waals surface area contributed by atoms with Crippen LogP contribution in [-0.4, -0.2) is 34.5 Å². The van der Waals surface area contributed by atoms with Gasteiger partial charge < -0.3 is 10.2 Å². The Labute approximate surface area is 145 Å². The molecule has 6 nitrogen and oxygen atoms in total. The fourth-order valence-electron chi connectivity index (χ4n) is 3.24. The molecule has 1 saturated heterocycles. The number of para-hydroxylation sites is 1. The van der Waals surface area contributed by atoms with Gasteiger partial charge in [-0.25, -0.2) is 0 Å². The molecule has 2 unspecified atom stereocenters. The average molecular weight is 337 g/mol. The van der Waals surface area contributed by atoms with E-state index >= 15 is 0 Å². The van der Waals surface area contributed by atoms with E-state index in [9.17, 15) is 14.4 Å². The molecule has 2 heterocycles. The third kappa shape index (κ3) is 3.28. The van der Waals surface area contributed by atoms with E-state index in [-0.39, 0.29) is 30.1 Å². The molecule has 0 aliphatic carbocycles. The van der Waals surface area contributed by atoms with Crippen molar-refractivity contribution in [2.45, 2.75) is 19.4 Å². The van der Waals surface area contributed by atoms with Gasteiger partial charge in [-0.1, -0.05) is 18.2 Å². The number of hydrogen-bond donors (Lipinski definition) is 1. The second kappa shape index (κ2) is 6.84. The van der Waals surface area contributed by atoms with Crippen molar-refractivity contribution in [3.63, 3.8) is 0 Å². The van der Waals surface area contributed by atoms with Gasteiger partial charge in [-0.3, -0.25) is 19.4 Å². The smallest absolute Gasteiger partial charge is 0.230 e. The highest BCUT2D eigenvalue weighted by atomic mass is 16.2. The highest BCUT2D eigenvalue weighted by molar-refractivity contribution is 6.05. The van der Waals surface area contributed by atoms with Gasteiger partial charge in [0, 0.05) is 31.4 Å². The van der Waals surface area contributed by atoms with E-state index in [0.717, 1.165) is 5.56 Å². The zero-order chi connectivity index (χ0) is 18.0. The summed E-state index contributed by atoms with van der Waals surface area (Å²) in [4.78, 5) is 42.4. The molecule has 2 aromatic rings. The minimum Gasteiger partial charge on any atom is -0.338 e. The topological polar surface area (TPSA) is 79.4 Å². The van der Waals surface area contributed by atoms with Gasteiger partial charge in [-0.15, -0.1) is 0 Å². The molecule has 1 aliphatic heterocycles. The van der Waals surface area contributed by atoms with Crippen LogP contribution in [0.5, 0.6) is 0 Å². The number of carbonyl (C=O) groups is 3. The third-order valence-electron chi connectivity index (χ3n) is 4.51. The first-order valence-electron chi connectivity index (χ1n) is 8.05. The third-order valence-corrected chi connectivity index (χ3v) is 4.51. The van der Waals surface area contributed by atoms with Gasteiger partial charge in [0.1, 0.15) is 0 Å². The fourth-order valence-corrected chi connectivity index (χ4v) is 3.24. The standard InChI is InChI=1S/C19H19N3O3/c1-12(23)14-7-3-4-8-16(14)21-19(25)15-10-17(24)22(2)18(15)13-6-5-9-20-11-13/h3-9,11,15,18H,10H2,1-2H3,(H,21,25). The second-order valence-corrected chi connectivity index (χ2v) is 6.14. The zero-order valence-corrected chi connectivity index (χ0v) is 14.1. The number of pyridine rings is 1. The van der Waals surface area contributed by atoms with Crippen molar-refractivity contribution in [3.05, 3.63) is 59.9 Å². The molecular formula is C19H19N3O3. The molecule has 0 saturated carbocycles. The molecule has 1 N–H and O–H groups in total. The molecule has 0 radical (unpaired) electrons. The largest absolute Gasteiger partial charge is 0.338 e. The van der Waals surface area contributed by atoms with Gasteiger partial charge in [-0.2, -0.15) is 0 Å². The lowest BCUT2D eigenvalue weighted by Gasteiger charge is -2.24. The molecule has 2 atom stereocenters. The molecular weight excluding hydrogens is 318 g/mol. The predicted octanol–water partition coefficient (Wildman–Crippen LogP) is 2.44. The monoisotopic (exact) mass is 337 g/mol. The fraction of sp³-hybridized carbons (Fsp3) is 0.263. The summed E-state index contributed by atoms with van der Waals surface area (Å²) in [5.41, 5.74) is 1.73. The van der Waals surface area contributed by atoms with Gasteiger partial charge in [0.2, 0.25) is 11.8 Å². The number of nitrogens with one attached hydrogen (secondary N) is 1. The maximum atomic E-state index is 12.8. The number of nitrogens with zero attached hydrogens (tertiary/aromatic N) is 2. The van der Waals surface area contributed by atoms with Crippen LogP contribution in [0, 0.1) is 5.92 Å². The number of hydrogen-bond acceptors (Lipinski definition) is 4. The molecule has 3 rings (SSSR count). The lowest BCUT2D eigenvalue weighted by Crippen LogP contribution is -2.30. The Morgan fingerprint density at radius 2 is 1.96 bits per heavy atom. The van der Waals surface area contributed by atoms with E-state index in [4.69, 9.17) is 0 Å². The van der Waals surface area contributed by atoms with Gasteiger partial charge in [0.15, 0.2) is 5.78 Å². The summed E-state index contributed by atoms with van der Waals surface area (Å²) in [6.45, 7) is 1.45. The SMILES string of the molecule is CC(=O)c1ccccc1NC(=O)C1CC(=O)N(C)C1c1cccnc1. The Morgan fingerprint density at radius 1 is 1.20 bits per heavy atom. The lowest BCUT2D eigenvalue weighted by atomic mass is 9.93. The molecule has 1 aromatic heterocycles. The van der Waals surface area contributed by atoms with Crippen LogP contribution >= 0.6 is 0 Å². The Kier molecular flexibility index (Phi) is 4.61. The van der Waals surface area contributed by atoms with Gasteiger partial charge in [0.25, 0.3) is 0 Å². The second-order valence-electron chi connectivity index (χ2n) is 6.14. The molecule has 1 aromatic carbocycles. The van der Waals surface area contributed by atoms with Crippen LogP contribution in [0.3, 0.4) is 0 Å². The van der Waals surface area contributed by atoms with E-state index < -0.39 is 5.92 Å². The summed E-state index contributed by atoms with van der Waals surface area (Å²) in [6.07, 6.45) is 3.45. The minimum atomic E-state index is -0.540. The van der Waals surface area contributed by atoms with Crippen LogP contribution in [0.1, 0.15) is 35.3 Å². The van der Waals surface area contributed by atoms with Crippen LogP contribution in [0.15, 0.2) is 48.8 Å². The zero-order valence-electron chi connectivity index (χ0n) is 14.1. The number of Topliss-reactive ketones (excluding diaryl/α,β-unsaturated/α-hetero) is 1. The predicted molar refractivity (Wildman–Crippen MR) is 92.9 cm³/mol. The number of ketones is 1. The summed E-state index contributed by atoms with van der Waals surface area (Å²) in [6, 6.07) is 10.1. The van der Waals surface area contributed by atoms with Crippen molar-refractivity contribution < 1.29 is 14.4 Å². The summed E-state index contributed by atoms with van der Waals surface area (Å²) in [5.74, 6) is -1.03. The van der Waals surface area contributed by atoms with Crippen LogP contribution in [0.25, 0.3) is 0 Å². The van der Waals surface area contributed by atoms with Crippen molar-refractivity contribution >= 4 is 23.3 Å². The molecule has 25 heavy (non-hydrogen) atoms. The first kappa shape index (κ1) is 16.8. The number of anilines is 1. The van der Waals surface area contributed by atoms with Crippen molar-refractivity contribution in [2.24, 2.45) is 5.92 Å². The number of carbonyl (C=O) groups excluding carboxylic acids is 3. The van der Waals surface area contributed by atoms with Crippen molar-refractivity contribution in [3.8, 4) is 0 Å². The van der Waals surface area contributed by atoms with Crippen LogP contribution in [-0.2, 0) is 9.59 Å². The molecule has 128 valence electrons. The summed E-state index contributed by atoms with van der Waals surface area (Å²) in [7, 11) is 1.69. The Balaban J connectivity index is 1.88. The summed E-state index contributed by atoms with van der Waals surface area (Å²) >= 11 is 0. The molecule has 6 heteroatoms. The average Bonchev–Trinajstić information content (AvgIpc) is 2.91. The highest BCUT2D eigenvalue weighted by Crippen LogP contribution is 2.37. The Morgan fingerprint density at radius 3 is 2.64 bits per heavy atom.